The second kappa shape index (κ2) is 10.2. The van der Waals surface area contributed by atoms with Crippen LogP contribution in [0.5, 0.6) is 0 Å². The lowest BCUT2D eigenvalue weighted by Gasteiger charge is -2.19. The Balaban J connectivity index is 1.47. The van der Waals surface area contributed by atoms with Crippen LogP contribution >= 0.6 is 0 Å². The first-order valence-corrected chi connectivity index (χ1v) is 13.9. The number of rotatable bonds is 3. The maximum Gasteiger partial charge on any atom is 0.0645 e. The van der Waals surface area contributed by atoms with E-state index in [1.165, 1.54) is 36.4 Å². The van der Waals surface area contributed by atoms with Gasteiger partial charge in [0, 0.05) is 52.1 Å². The predicted octanol–water partition coefficient (Wildman–Crippen LogP) is 12.1. The molecular weight excluding hydrogens is 556 g/mol. The number of hydrogen-bond donors (Lipinski definition) is 0. The molecular formula is C44H40N2. The standard InChI is InChI=1S/C44H40N2/c1-43(2,3)31-21-23-41-37(27-31)35-17-7-9-19-39(35)45(41)33-15-11-13-29(25-33)30-14-12-16-34(26-30)46-40-20-10-8-18-36(40)38-28-32(44(4,5)6)22-24-42(38)46/h7-28H,1-6H3/i1D,2D3,3D3,4D,5D3,6D3,7D,8D,9D,10D,17D,18D,19D,20D,21D,22D,23D,24D,27D,28D. The van der Waals surface area contributed by atoms with Gasteiger partial charge in [0.15, 0.2) is 0 Å². The summed E-state index contributed by atoms with van der Waals surface area (Å²) in [6, 6.07) is 0.178. The fourth-order valence-corrected chi connectivity index (χ4v) is 5.62. The Hall–Kier alpha value is -5.08. The summed E-state index contributed by atoms with van der Waals surface area (Å²) in [5.41, 5.74) is -9.31. The molecule has 2 heteroatoms. The number of fused-ring (bicyclic) bond motifs is 6. The van der Waals surface area contributed by atoms with Crippen molar-refractivity contribution in [3.63, 3.8) is 0 Å². The van der Waals surface area contributed by atoms with E-state index < -0.39 is 180 Å². The Bertz CT molecular complexity index is 3430. The molecule has 2 nitrogen and oxygen atoms in total. The summed E-state index contributed by atoms with van der Waals surface area (Å²) in [5, 5.41) is -1.82. The summed E-state index contributed by atoms with van der Waals surface area (Å²) < 4.78 is 245. The normalized spacial score (nSPS) is 22.3. The molecule has 8 aromatic rings. The number of para-hydroxylation sites is 2. The average Bonchev–Trinajstić information content (AvgIpc) is 3.87. The van der Waals surface area contributed by atoms with E-state index in [-0.39, 0.29) is 33.5 Å². The fourth-order valence-electron chi connectivity index (χ4n) is 5.62. The van der Waals surface area contributed by atoms with Crippen molar-refractivity contribution in [3.05, 3.63) is 144 Å². The summed E-state index contributed by atoms with van der Waals surface area (Å²) in [7, 11) is 0. The lowest BCUT2D eigenvalue weighted by molar-refractivity contribution is 0.591. The second-order valence-corrected chi connectivity index (χ2v) is 11.0. The van der Waals surface area contributed by atoms with E-state index in [2.05, 4.69) is 0 Å². The molecule has 0 aliphatic rings. The van der Waals surface area contributed by atoms with Crippen molar-refractivity contribution in [3.8, 4) is 22.5 Å². The summed E-state index contributed by atoms with van der Waals surface area (Å²) >= 11 is 0. The second-order valence-electron chi connectivity index (χ2n) is 11.0. The lowest BCUT2D eigenvalue weighted by Crippen LogP contribution is -2.10. The van der Waals surface area contributed by atoms with Gasteiger partial charge in [-0.3, -0.25) is 0 Å². The van der Waals surface area contributed by atoms with Crippen LogP contribution in [0.2, 0.25) is 0 Å². The van der Waals surface area contributed by atoms with Crippen LogP contribution < -0.4 is 0 Å². The number of aromatic nitrogens is 2. The van der Waals surface area contributed by atoms with Gasteiger partial charge in [-0.05, 0) is 93.6 Å². The van der Waals surface area contributed by atoms with Crippen LogP contribution in [0.15, 0.2) is 133 Å². The molecule has 0 spiro atoms. The number of hydrogen-bond acceptors (Lipinski definition) is 0. The minimum atomic E-state index is -3.56. The monoisotopic (exact) mass is 624 g/mol. The van der Waals surface area contributed by atoms with E-state index in [9.17, 15) is 5.48 Å². The highest BCUT2D eigenvalue weighted by molar-refractivity contribution is 6.10. The van der Waals surface area contributed by atoms with Crippen molar-refractivity contribution in [2.24, 2.45) is 0 Å². The molecule has 8 rings (SSSR count). The topological polar surface area (TPSA) is 9.86 Å². The number of nitrogens with zero attached hydrogens (tertiary/aromatic N) is 2. The molecule has 0 saturated heterocycles. The van der Waals surface area contributed by atoms with Crippen LogP contribution in [0, 0.1) is 0 Å². The molecule has 0 bridgehead atoms. The smallest absolute Gasteiger partial charge is 0.0645 e. The highest BCUT2D eigenvalue weighted by Gasteiger charge is 2.20. The summed E-state index contributed by atoms with van der Waals surface area (Å²) in [4.78, 5) is 0. The molecule has 6 aromatic carbocycles. The van der Waals surface area contributed by atoms with Crippen molar-refractivity contribution >= 4 is 43.6 Å². The SMILES string of the molecule is [2H]CC(c1c([2H])c([2H])c2c(c1[2H])c1c([2H])c([2H])c([2H])c([2H])c1n2-c1cccc(-c2cccc(-n3c4c([2H])c([2H])c([2H])c([2H])c4c4c([2H])c(C(C[2H])(C([2H])([2H])[2H])C([2H])([2H])[2H])c([2H])c([2H])c43)c2)c1)(C([2H])([2H])[2H])C([2H])([2H])[2H]. The Labute approximate surface area is 310 Å². The fraction of sp³-hybridized carbons (Fsp3) is 0.182. The Morgan fingerprint density at radius 1 is 0.500 bits per heavy atom. The molecule has 226 valence electrons. The van der Waals surface area contributed by atoms with Crippen LogP contribution in [0.1, 0.15) is 90.7 Å². The molecule has 2 heterocycles. The Kier molecular flexibility index (Phi) is 2.51. The van der Waals surface area contributed by atoms with Gasteiger partial charge >= 0.3 is 0 Å². The lowest BCUT2D eigenvalue weighted by atomic mass is 9.86. The maximum atomic E-state index is 9.43. The largest absolute Gasteiger partial charge is 0.309 e. The van der Waals surface area contributed by atoms with Gasteiger partial charge in [0.25, 0.3) is 0 Å². The van der Waals surface area contributed by atoms with Crippen molar-refractivity contribution in [2.75, 3.05) is 0 Å². The van der Waals surface area contributed by atoms with E-state index in [0.717, 1.165) is 9.13 Å². The average molecular weight is 625 g/mol. The highest BCUT2D eigenvalue weighted by Crippen LogP contribution is 2.38. The van der Waals surface area contributed by atoms with Crippen LogP contribution in [-0.2, 0) is 10.8 Å². The first-order chi connectivity index (χ1) is 34.0. The van der Waals surface area contributed by atoms with E-state index in [1.54, 1.807) is 12.1 Å². The molecule has 0 aliphatic carbocycles. The Morgan fingerprint density at radius 2 is 0.935 bits per heavy atom. The zero-order valence-electron chi connectivity index (χ0n) is 51.9. The summed E-state index contributed by atoms with van der Waals surface area (Å²) in [6.45, 7) is -17.0. The van der Waals surface area contributed by atoms with Crippen molar-refractivity contribution < 1.29 is 38.4 Å². The third-order valence-electron chi connectivity index (χ3n) is 7.71. The molecule has 0 atom stereocenters. The minimum absolute atomic E-state index is 0.0300. The number of benzene rings is 6. The maximum absolute atomic E-state index is 9.43. The van der Waals surface area contributed by atoms with Crippen molar-refractivity contribution in [1.29, 1.82) is 0 Å². The predicted molar refractivity (Wildman–Crippen MR) is 198 cm³/mol. The third kappa shape index (κ3) is 4.55. The van der Waals surface area contributed by atoms with Crippen LogP contribution in [0.25, 0.3) is 66.1 Å². The van der Waals surface area contributed by atoms with E-state index in [0.29, 0.717) is 0 Å². The zero-order valence-corrected chi connectivity index (χ0v) is 23.9. The molecule has 46 heavy (non-hydrogen) atoms. The molecule has 0 aliphatic heterocycles. The van der Waals surface area contributed by atoms with Gasteiger partial charge < -0.3 is 9.13 Å². The van der Waals surface area contributed by atoms with Crippen molar-refractivity contribution in [1.82, 2.24) is 9.13 Å². The van der Waals surface area contributed by atoms with Gasteiger partial charge in [0.05, 0.1) is 41.3 Å². The van der Waals surface area contributed by atoms with E-state index >= 15 is 0 Å². The van der Waals surface area contributed by atoms with Gasteiger partial charge in [-0.25, -0.2) is 0 Å². The molecule has 0 saturated carbocycles. The first kappa shape index (κ1) is 11.3. The molecule has 0 N–H and O–H groups in total. The van der Waals surface area contributed by atoms with E-state index in [1.807, 2.05) is 0 Å². The molecule has 2 aromatic heterocycles. The Morgan fingerprint density at radius 3 is 1.37 bits per heavy atom. The van der Waals surface area contributed by atoms with Crippen LogP contribution in [0.4, 0.5) is 0 Å². The molecule has 0 radical (unpaired) electrons. The van der Waals surface area contributed by atoms with Gasteiger partial charge in [-0.1, -0.05) is 114 Å². The first-order valence-electron chi connectivity index (χ1n) is 28.4. The van der Waals surface area contributed by atoms with Crippen molar-refractivity contribution in [2.45, 2.75) is 52.0 Å². The van der Waals surface area contributed by atoms with Gasteiger partial charge in [-0.2, -0.15) is 0 Å². The van der Waals surface area contributed by atoms with Crippen LogP contribution in [-0.4, -0.2) is 9.13 Å². The third-order valence-corrected chi connectivity index (χ3v) is 7.71. The van der Waals surface area contributed by atoms with Gasteiger partial charge in [-0.15, -0.1) is 0 Å². The van der Waals surface area contributed by atoms with Gasteiger partial charge in [0.2, 0.25) is 0 Å². The molecule has 0 fully saturated rings. The quantitative estimate of drug-likeness (QED) is 0.185. The van der Waals surface area contributed by atoms with Crippen LogP contribution in [0.3, 0.4) is 0 Å². The highest BCUT2D eigenvalue weighted by atomic mass is 15.0. The zero-order chi connectivity index (χ0) is 55.4. The molecule has 0 amide bonds. The molecule has 0 unspecified atom stereocenters. The summed E-state index contributed by atoms with van der Waals surface area (Å²) in [6.07, 6.45) is 0. The van der Waals surface area contributed by atoms with E-state index in [4.69, 9.17) is 32.9 Å². The minimum Gasteiger partial charge on any atom is -0.309 e. The van der Waals surface area contributed by atoms with Gasteiger partial charge in [0.1, 0.15) is 0 Å². The summed E-state index contributed by atoms with van der Waals surface area (Å²) in [5.74, 6) is 0.